The molecule has 3 atom stereocenters. The molecule has 3 rings (SSSR count). The van der Waals surface area contributed by atoms with Gasteiger partial charge < -0.3 is 19.6 Å². The third-order valence-electron chi connectivity index (χ3n) is 5.77. The van der Waals surface area contributed by atoms with Gasteiger partial charge in [0.05, 0.1) is 30.5 Å². The van der Waals surface area contributed by atoms with Gasteiger partial charge in [0, 0.05) is 32.0 Å². The summed E-state index contributed by atoms with van der Waals surface area (Å²) in [5.41, 5.74) is 0.533. The van der Waals surface area contributed by atoms with Gasteiger partial charge in [-0.1, -0.05) is 13.8 Å². The quantitative estimate of drug-likeness (QED) is 0.678. The van der Waals surface area contributed by atoms with E-state index in [9.17, 15) is 23.5 Å². The number of rotatable bonds is 7. The fraction of sp³-hybridized carbons (Fsp3) is 0.591. The minimum absolute atomic E-state index is 0.0112. The lowest BCUT2D eigenvalue weighted by Crippen LogP contribution is -2.42. The molecule has 3 unspecified atom stereocenters. The standard InChI is InChI=1S/C22H28F2N4O4/c1-14(2)10-27(21(29)30)11-17-12-28(22(31)32-17)16-3-4-20(18(23)9-16)26-8-6-15(5-7-25)19(24)13-26/h3-4,9,14-15,17,19H,5-6,8,10-13H2,1-2H3,(H,29,30). The lowest BCUT2D eigenvalue weighted by atomic mass is 9.92. The molecule has 2 fully saturated rings. The van der Waals surface area contributed by atoms with E-state index in [0.29, 0.717) is 25.2 Å². The Morgan fingerprint density at radius 2 is 2.16 bits per heavy atom. The van der Waals surface area contributed by atoms with Crippen molar-refractivity contribution in [1.29, 1.82) is 5.26 Å². The molecule has 0 aliphatic carbocycles. The molecule has 0 radical (unpaired) electrons. The molecule has 2 amide bonds. The van der Waals surface area contributed by atoms with Gasteiger partial charge in [0.25, 0.3) is 0 Å². The Morgan fingerprint density at radius 1 is 1.41 bits per heavy atom. The molecule has 1 N–H and O–H groups in total. The van der Waals surface area contributed by atoms with E-state index in [4.69, 9.17) is 10.00 Å². The first-order chi connectivity index (χ1) is 15.2. The van der Waals surface area contributed by atoms with Crippen LogP contribution in [-0.2, 0) is 4.74 Å². The third kappa shape index (κ3) is 5.39. The molecule has 2 aliphatic rings. The van der Waals surface area contributed by atoms with Crippen LogP contribution in [0.5, 0.6) is 0 Å². The Kier molecular flexibility index (Phi) is 7.38. The predicted molar refractivity (Wildman–Crippen MR) is 114 cm³/mol. The second kappa shape index (κ2) is 10.0. The van der Waals surface area contributed by atoms with E-state index in [1.165, 1.54) is 21.9 Å². The summed E-state index contributed by atoms with van der Waals surface area (Å²) >= 11 is 0. The number of anilines is 2. The molecule has 10 heteroatoms. The van der Waals surface area contributed by atoms with E-state index in [-0.39, 0.29) is 43.6 Å². The minimum atomic E-state index is -1.21. The number of alkyl halides is 1. The van der Waals surface area contributed by atoms with Gasteiger partial charge in [-0.15, -0.1) is 0 Å². The maximum absolute atomic E-state index is 14.9. The number of cyclic esters (lactones) is 1. The summed E-state index contributed by atoms with van der Waals surface area (Å²) in [6.45, 7) is 4.69. The monoisotopic (exact) mass is 450 g/mol. The average Bonchev–Trinajstić information content (AvgIpc) is 3.09. The number of carbonyl (C=O) groups is 2. The van der Waals surface area contributed by atoms with Crippen molar-refractivity contribution in [3.8, 4) is 6.07 Å². The summed E-state index contributed by atoms with van der Waals surface area (Å²) in [6.07, 6.45) is -3.02. The van der Waals surface area contributed by atoms with Crippen LogP contribution in [0.25, 0.3) is 0 Å². The number of carbonyl (C=O) groups excluding carboxylic acids is 1. The Hall–Kier alpha value is -3.09. The van der Waals surface area contributed by atoms with Crippen molar-refractivity contribution < 1.29 is 28.2 Å². The molecule has 0 saturated carbocycles. The number of amides is 2. The maximum Gasteiger partial charge on any atom is 0.414 e. The van der Waals surface area contributed by atoms with Crippen molar-refractivity contribution in [2.24, 2.45) is 11.8 Å². The van der Waals surface area contributed by atoms with Crippen LogP contribution >= 0.6 is 0 Å². The van der Waals surface area contributed by atoms with Gasteiger partial charge in [-0.25, -0.2) is 18.4 Å². The number of halogens is 2. The number of ether oxygens (including phenoxy) is 1. The number of benzene rings is 1. The van der Waals surface area contributed by atoms with Gasteiger partial charge in [-0.05, 0) is 30.5 Å². The maximum atomic E-state index is 14.9. The van der Waals surface area contributed by atoms with Crippen molar-refractivity contribution in [1.82, 2.24) is 4.90 Å². The van der Waals surface area contributed by atoms with E-state index in [1.807, 2.05) is 19.9 Å². The summed E-state index contributed by atoms with van der Waals surface area (Å²) in [5.74, 6) is -0.803. The largest absolute Gasteiger partial charge is 0.465 e. The summed E-state index contributed by atoms with van der Waals surface area (Å²) < 4.78 is 34.5. The number of nitrogens with zero attached hydrogens (tertiary/aromatic N) is 4. The minimum Gasteiger partial charge on any atom is -0.465 e. The van der Waals surface area contributed by atoms with Crippen molar-refractivity contribution in [3.63, 3.8) is 0 Å². The Balaban J connectivity index is 1.66. The number of hydrogen-bond donors (Lipinski definition) is 1. The van der Waals surface area contributed by atoms with E-state index in [1.54, 1.807) is 11.0 Å². The van der Waals surface area contributed by atoms with Gasteiger partial charge in [-0.3, -0.25) is 4.90 Å². The molecule has 0 aromatic heterocycles. The van der Waals surface area contributed by atoms with Crippen LogP contribution < -0.4 is 9.80 Å². The molecular formula is C22H28F2N4O4. The van der Waals surface area contributed by atoms with Crippen molar-refractivity contribution in [2.75, 3.05) is 42.5 Å². The molecule has 32 heavy (non-hydrogen) atoms. The fourth-order valence-electron chi connectivity index (χ4n) is 4.18. The van der Waals surface area contributed by atoms with Gasteiger partial charge in [-0.2, -0.15) is 5.26 Å². The van der Waals surface area contributed by atoms with Gasteiger partial charge in [0.2, 0.25) is 0 Å². The highest BCUT2D eigenvalue weighted by Gasteiger charge is 2.35. The SMILES string of the molecule is CC(C)CN(CC1CN(c2ccc(N3CCC(CC#N)C(F)C3)c(F)c2)C(=O)O1)C(=O)O. The normalized spacial score (nSPS) is 23.2. The van der Waals surface area contributed by atoms with E-state index in [0.717, 1.165) is 0 Å². The number of piperidine rings is 1. The van der Waals surface area contributed by atoms with Crippen LogP contribution in [0.3, 0.4) is 0 Å². The summed E-state index contributed by atoms with van der Waals surface area (Å²) in [5, 5.41) is 18.1. The highest BCUT2D eigenvalue weighted by atomic mass is 19.1. The van der Waals surface area contributed by atoms with E-state index >= 15 is 0 Å². The molecular weight excluding hydrogens is 422 g/mol. The summed E-state index contributed by atoms with van der Waals surface area (Å²) in [4.78, 5) is 27.9. The second-order valence-corrected chi connectivity index (χ2v) is 8.71. The van der Waals surface area contributed by atoms with Gasteiger partial charge >= 0.3 is 12.2 Å². The van der Waals surface area contributed by atoms with E-state index in [2.05, 4.69) is 0 Å². The Labute approximate surface area is 185 Å². The van der Waals surface area contributed by atoms with Crippen LogP contribution in [0.4, 0.5) is 29.7 Å². The Morgan fingerprint density at radius 3 is 2.75 bits per heavy atom. The Bertz CT molecular complexity index is 891. The highest BCUT2D eigenvalue weighted by molar-refractivity contribution is 5.90. The predicted octanol–water partition coefficient (Wildman–Crippen LogP) is 3.86. The smallest absolute Gasteiger partial charge is 0.414 e. The zero-order valence-electron chi connectivity index (χ0n) is 18.2. The van der Waals surface area contributed by atoms with Crippen molar-refractivity contribution in [3.05, 3.63) is 24.0 Å². The first-order valence-electron chi connectivity index (χ1n) is 10.7. The fourth-order valence-corrected chi connectivity index (χ4v) is 4.18. The van der Waals surface area contributed by atoms with Crippen LogP contribution in [0.15, 0.2) is 18.2 Å². The first kappa shape index (κ1) is 23.6. The number of hydrogen-bond acceptors (Lipinski definition) is 5. The summed E-state index contributed by atoms with van der Waals surface area (Å²) in [6, 6.07) is 6.27. The zero-order chi connectivity index (χ0) is 23.4. The molecule has 0 bridgehead atoms. The molecule has 2 heterocycles. The number of carboxylic acid groups (broad SMARTS) is 1. The van der Waals surface area contributed by atoms with Crippen molar-refractivity contribution >= 4 is 23.6 Å². The second-order valence-electron chi connectivity index (χ2n) is 8.71. The van der Waals surface area contributed by atoms with Gasteiger partial charge in [0.1, 0.15) is 18.1 Å². The molecule has 1 aromatic carbocycles. The van der Waals surface area contributed by atoms with E-state index < -0.39 is 30.3 Å². The molecule has 0 spiro atoms. The molecule has 1 aromatic rings. The number of nitriles is 1. The van der Waals surface area contributed by atoms with Crippen LogP contribution in [0.2, 0.25) is 0 Å². The van der Waals surface area contributed by atoms with Crippen LogP contribution in [-0.4, -0.2) is 67.2 Å². The topological polar surface area (TPSA) is 97.1 Å². The molecule has 2 saturated heterocycles. The lowest BCUT2D eigenvalue weighted by Gasteiger charge is -2.35. The highest BCUT2D eigenvalue weighted by Crippen LogP contribution is 2.32. The summed E-state index contributed by atoms with van der Waals surface area (Å²) in [7, 11) is 0. The third-order valence-corrected chi connectivity index (χ3v) is 5.77. The van der Waals surface area contributed by atoms with Crippen molar-refractivity contribution in [2.45, 2.75) is 39.0 Å². The zero-order valence-corrected chi connectivity index (χ0v) is 18.2. The van der Waals surface area contributed by atoms with Crippen LogP contribution in [0, 0.1) is 29.0 Å². The van der Waals surface area contributed by atoms with Gasteiger partial charge in [0.15, 0.2) is 0 Å². The van der Waals surface area contributed by atoms with Crippen LogP contribution in [0.1, 0.15) is 26.7 Å². The molecule has 174 valence electrons. The average molecular weight is 450 g/mol. The first-order valence-corrected chi connectivity index (χ1v) is 10.7. The molecule has 2 aliphatic heterocycles. The molecule has 8 nitrogen and oxygen atoms in total. The lowest BCUT2D eigenvalue weighted by molar-refractivity contribution is 0.0924.